The van der Waals surface area contributed by atoms with Crippen LogP contribution in [0.2, 0.25) is 5.02 Å². The Morgan fingerprint density at radius 1 is 1.47 bits per heavy atom. The molecule has 0 radical (unpaired) electrons. The third-order valence-corrected chi connectivity index (χ3v) is 2.36. The first-order valence-electron chi connectivity index (χ1n) is 4.87. The molecule has 0 atom stereocenters. The van der Waals surface area contributed by atoms with Crippen molar-refractivity contribution in [2.24, 2.45) is 0 Å². The van der Waals surface area contributed by atoms with Crippen LogP contribution in [0.25, 0.3) is 0 Å². The van der Waals surface area contributed by atoms with Gasteiger partial charge in [-0.3, -0.25) is 10.1 Å². The minimum atomic E-state index is -0.735. The number of nitrogens with zero attached hydrogens (tertiary/aromatic N) is 3. The molecule has 0 aliphatic heterocycles. The molecule has 9 heteroatoms. The highest BCUT2D eigenvalue weighted by atomic mass is 35.5. The zero-order chi connectivity index (χ0) is 14.0. The van der Waals surface area contributed by atoms with Gasteiger partial charge >= 0.3 is 11.6 Å². The number of ether oxygens (including phenoxy) is 1. The van der Waals surface area contributed by atoms with Gasteiger partial charge in [-0.05, 0) is 12.1 Å². The number of hydrogen-bond acceptors (Lipinski definition) is 6. The highest BCUT2D eigenvalue weighted by molar-refractivity contribution is 6.30. The van der Waals surface area contributed by atoms with Crippen LogP contribution in [0.5, 0.6) is 11.6 Å². The van der Waals surface area contributed by atoms with Crippen LogP contribution in [0.15, 0.2) is 24.4 Å². The maximum atomic E-state index is 13.2. The predicted molar refractivity (Wildman–Crippen MR) is 64.6 cm³/mol. The summed E-state index contributed by atoms with van der Waals surface area (Å²) in [6.07, 6.45) is 0.907. The average molecular weight is 285 g/mol. The van der Waals surface area contributed by atoms with Gasteiger partial charge in [-0.25, -0.2) is 9.37 Å². The molecule has 0 aliphatic carbocycles. The van der Waals surface area contributed by atoms with Gasteiger partial charge in [-0.2, -0.15) is 4.98 Å². The molecule has 2 aromatic rings. The van der Waals surface area contributed by atoms with Crippen molar-refractivity contribution in [3.8, 4) is 11.6 Å². The first kappa shape index (κ1) is 13.0. The van der Waals surface area contributed by atoms with Crippen LogP contribution in [0.4, 0.5) is 16.0 Å². The molecule has 2 N–H and O–H groups in total. The summed E-state index contributed by atoms with van der Waals surface area (Å²) in [6.45, 7) is 0. The summed E-state index contributed by atoms with van der Waals surface area (Å²) in [5.41, 5.74) is 4.83. The van der Waals surface area contributed by atoms with Crippen LogP contribution in [0.1, 0.15) is 0 Å². The highest BCUT2D eigenvalue weighted by Crippen LogP contribution is 2.30. The zero-order valence-corrected chi connectivity index (χ0v) is 9.96. The van der Waals surface area contributed by atoms with E-state index in [4.69, 9.17) is 22.1 Å². The minimum absolute atomic E-state index is 0.00287. The van der Waals surface area contributed by atoms with Gasteiger partial charge in [0.05, 0.1) is 9.95 Å². The van der Waals surface area contributed by atoms with Crippen molar-refractivity contribution < 1.29 is 14.1 Å². The Morgan fingerprint density at radius 2 is 2.21 bits per heavy atom. The van der Waals surface area contributed by atoms with Crippen LogP contribution < -0.4 is 10.5 Å². The number of rotatable bonds is 3. The van der Waals surface area contributed by atoms with Gasteiger partial charge in [0.1, 0.15) is 17.8 Å². The molecule has 0 amide bonds. The molecule has 1 aromatic heterocycles. The number of benzene rings is 1. The number of anilines is 1. The van der Waals surface area contributed by atoms with Crippen molar-refractivity contribution in [2.45, 2.75) is 0 Å². The molecule has 0 bridgehead atoms. The summed E-state index contributed by atoms with van der Waals surface area (Å²) in [4.78, 5) is 17.1. The number of nitrogen functional groups attached to an aromatic ring is 1. The maximum absolute atomic E-state index is 13.2. The van der Waals surface area contributed by atoms with Gasteiger partial charge in [-0.1, -0.05) is 11.6 Å². The molecule has 2 rings (SSSR count). The standard InChI is InChI=1S/C10H6ClFN4O3/c11-6-2-1-5(3-7(6)12)19-9-8(16(17)18)4-14-10(13)15-9/h1-4H,(H2,13,14,15). The second-order valence-electron chi connectivity index (χ2n) is 3.35. The number of nitrogens with two attached hydrogens (primary N) is 1. The summed E-state index contributed by atoms with van der Waals surface area (Å²) in [6, 6.07) is 3.57. The maximum Gasteiger partial charge on any atom is 0.349 e. The van der Waals surface area contributed by atoms with Gasteiger partial charge in [0.25, 0.3) is 0 Å². The second-order valence-corrected chi connectivity index (χ2v) is 3.76. The van der Waals surface area contributed by atoms with Crippen molar-refractivity contribution in [1.82, 2.24) is 9.97 Å². The zero-order valence-electron chi connectivity index (χ0n) is 9.21. The van der Waals surface area contributed by atoms with Crippen LogP contribution in [0.3, 0.4) is 0 Å². The summed E-state index contributed by atoms with van der Waals surface area (Å²) in [5.74, 6) is -1.29. The second kappa shape index (κ2) is 5.02. The van der Waals surface area contributed by atoms with Crippen molar-refractivity contribution in [2.75, 3.05) is 5.73 Å². The summed E-state index contributed by atoms with van der Waals surface area (Å²) in [5, 5.41) is 10.7. The van der Waals surface area contributed by atoms with E-state index < -0.39 is 16.4 Å². The lowest BCUT2D eigenvalue weighted by atomic mass is 10.3. The van der Waals surface area contributed by atoms with Crippen molar-refractivity contribution in [3.05, 3.63) is 45.4 Å². The number of halogens is 2. The molecular formula is C10H6ClFN4O3. The summed E-state index contributed by atoms with van der Waals surface area (Å²) in [7, 11) is 0. The van der Waals surface area contributed by atoms with Gasteiger partial charge in [-0.15, -0.1) is 0 Å². The Bertz CT molecular complexity index is 653. The van der Waals surface area contributed by atoms with E-state index >= 15 is 0 Å². The molecule has 7 nitrogen and oxygen atoms in total. The van der Waals surface area contributed by atoms with Crippen molar-refractivity contribution in [1.29, 1.82) is 0 Å². The van der Waals surface area contributed by atoms with Crippen LogP contribution in [0, 0.1) is 15.9 Å². The van der Waals surface area contributed by atoms with Crippen LogP contribution in [-0.4, -0.2) is 14.9 Å². The van der Waals surface area contributed by atoms with E-state index in [1.165, 1.54) is 12.1 Å². The third kappa shape index (κ3) is 2.86. The van der Waals surface area contributed by atoms with Gasteiger partial charge in [0.15, 0.2) is 0 Å². The molecule has 0 unspecified atom stereocenters. The molecule has 98 valence electrons. The van der Waals surface area contributed by atoms with Crippen molar-refractivity contribution in [3.63, 3.8) is 0 Å². The molecule has 0 fully saturated rings. The number of hydrogen-bond donors (Lipinski definition) is 1. The molecular weight excluding hydrogens is 279 g/mol. The quantitative estimate of drug-likeness (QED) is 0.686. The molecule has 0 saturated carbocycles. The van der Waals surface area contributed by atoms with Crippen LogP contribution in [-0.2, 0) is 0 Å². The van der Waals surface area contributed by atoms with Gasteiger partial charge < -0.3 is 10.5 Å². The number of nitro groups is 1. The molecule has 0 aliphatic rings. The Hall–Kier alpha value is -2.48. The monoisotopic (exact) mass is 284 g/mol. The lowest BCUT2D eigenvalue weighted by Crippen LogP contribution is -2.01. The lowest BCUT2D eigenvalue weighted by Gasteiger charge is -2.05. The Balaban J connectivity index is 2.39. The highest BCUT2D eigenvalue weighted by Gasteiger charge is 2.19. The summed E-state index contributed by atoms with van der Waals surface area (Å²) < 4.78 is 18.3. The fraction of sp³-hybridized carbons (Fsp3) is 0. The van der Waals surface area contributed by atoms with E-state index in [9.17, 15) is 14.5 Å². The van der Waals surface area contributed by atoms with Crippen LogP contribution >= 0.6 is 11.6 Å². The minimum Gasteiger partial charge on any atom is -0.433 e. The molecule has 0 spiro atoms. The normalized spacial score (nSPS) is 10.2. The fourth-order valence-electron chi connectivity index (χ4n) is 1.22. The topological polar surface area (TPSA) is 104 Å². The van der Waals surface area contributed by atoms with Gasteiger partial charge in [0.2, 0.25) is 5.95 Å². The smallest absolute Gasteiger partial charge is 0.349 e. The Kier molecular flexibility index (Phi) is 3.43. The molecule has 19 heavy (non-hydrogen) atoms. The fourth-order valence-corrected chi connectivity index (χ4v) is 1.34. The van der Waals surface area contributed by atoms with E-state index in [-0.39, 0.29) is 22.6 Å². The number of aromatic nitrogens is 2. The average Bonchev–Trinajstić information content (AvgIpc) is 2.33. The lowest BCUT2D eigenvalue weighted by molar-refractivity contribution is -0.386. The van der Waals surface area contributed by atoms with E-state index in [1.54, 1.807) is 0 Å². The molecule has 0 saturated heterocycles. The molecule has 1 aromatic carbocycles. The van der Waals surface area contributed by atoms with E-state index in [0.29, 0.717) is 0 Å². The van der Waals surface area contributed by atoms with E-state index in [2.05, 4.69) is 9.97 Å². The van der Waals surface area contributed by atoms with E-state index in [0.717, 1.165) is 12.3 Å². The predicted octanol–water partition coefficient (Wildman–Crippen LogP) is 2.55. The van der Waals surface area contributed by atoms with E-state index in [1.807, 2.05) is 0 Å². The first-order valence-corrected chi connectivity index (χ1v) is 5.25. The third-order valence-electron chi connectivity index (χ3n) is 2.06. The first-order chi connectivity index (χ1) is 8.97. The largest absolute Gasteiger partial charge is 0.433 e. The molecule has 1 heterocycles. The van der Waals surface area contributed by atoms with Gasteiger partial charge in [0, 0.05) is 6.07 Å². The Morgan fingerprint density at radius 3 is 2.84 bits per heavy atom. The Labute approximate surface area is 111 Å². The van der Waals surface area contributed by atoms with Crippen molar-refractivity contribution >= 4 is 23.2 Å². The summed E-state index contributed by atoms with van der Waals surface area (Å²) >= 11 is 5.51. The SMILES string of the molecule is Nc1ncc([N+](=O)[O-])c(Oc2ccc(Cl)c(F)c2)n1.